The number of halogens is 1. The van der Waals surface area contributed by atoms with E-state index in [0.29, 0.717) is 45.7 Å². The Hall–Kier alpha value is -2.35. The van der Waals surface area contributed by atoms with Crippen LogP contribution in [0.3, 0.4) is 0 Å². The summed E-state index contributed by atoms with van der Waals surface area (Å²) in [5, 5.41) is 12.1. The Bertz CT molecular complexity index is 857. The van der Waals surface area contributed by atoms with Crippen molar-refractivity contribution in [1.82, 2.24) is 15.1 Å². The molecule has 156 valence electrons. The monoisotopic (exact) mass is 417 g/mol. The lowest BCUT2D eigenvalue weighted by Gasteiger charge is -2.32. The molecule has 2 aliphatic heterocycles. The zero-order chi connectivity index (χ0) is 21.0. The molecule has 2 aliphatic rings. The zero-order valence-electron chi connectivity index (χ0n) is 17.2. The van der Waals surface area contributed by atoms with Gasteiger partial charge in [0.25, 0.3) is 0 Å². The third-order valence-corrected chi connectivity index (χ3v) is 5.55. The van der Waals surface area contributed by atoms with E-state index in [2.05, 4.69) is 33.7 Å². The summed E-state index contributed by atoms with van der Waals surface area (Å²) in [6, 6.07) is 3.54. The molecule has 7 nitrogen and oxygen atoms in total. The number of likely N-dealkylation sites (N-methyl/N-ethyl adjacent to an activating group) is 1. The number of hydrogen-bond acceptors (Lipinski definition) is 7. The average Bonchev–Trinajstić information content (AvgIpc) is 2.72. The minimum absolute atomic E-state index is 0.290. The summed E-state index contributed by atoms with van der Waals surface area (Å²) in [6.07, 6.45) is 1.76. The van der Waals surface area contributed by atoms with Gasteiger partial charge in [0.05, 0.1) is 24.9 Å². The molecule has 0 atom stereocenters. The highest BCUT2D eigenvalue weighted by atomic mass is 35.5. The standard InChI is InChI=1S/C21H28ClN5O2/c1-14-11-17(16-12-15(28-3)13-18(29-4)19(16)22)25-21(20(14)23)24-5-6-27-9-7-26(2)8-10-27/h11-13,23H,1,5-10H2,2-4H3,(H,24,25). The van der Waals surface area contributed by atoms with Gasteiger partial charge in [0.2, 0.25) is 0 Å². The zero-order valence-corrected chi connectivity index (χ0v) is 18.0. The first-order chi connectivity index (χ1) is 13.9. The van der Waals surface area contributed by atoms with Crippen molar-refractivity contribution >= 4 is 28.8 Å². The summed E-state index contributed by atoms with van der Waals surface area (Å²) in [6.45, 7) is 9.88. The Morgan fingerprint density at radius 2 is 1.93 bits per heavy atom. The van der Waals surface area contributed by atoms with Crippen LogP contribution in [0.4, 0.5) is 0 Å². The van der Waals surface area contributed by atoms with Crippen molar-refractivity contribution < 1.29 is 9.47 Å². The number of nitrogens with one attached hydrogen (secondary N) is 2. The van der Waals surface area contributed by atoms with Gasteiger partial charge in [-0.3, -0.25) is 10.3 Å². The van der Waals surface area contributed by atoms with Crippen LogP contribution in [-0.4, -0.2) is 81.9 Å². The van der Waals surface area contributed by atoms with Gasteiger partial charge >= 0.3 is 0 Å². The molecule has 0 spiro atoms. The normalized spacial score (nSPS) is 18.3. The van der Waals surface area contributed by atoms with Gasteiger partial charge in [-0.1, -0.05) is 18.2 Å². The fourth-order valence-corrected chi connectivity index (χ4v) is 3.58. The SMILES string of the molecule is C=C1C=C(c2cc(OC)cc(OC)c2Cl)N=C(NCCN2CCN(C)CC2)C1=N. The maximum absolute atomic E-state index is 8.32. The van der Waals surface area contributed by atoms with Crippen LogP contribution < -0.4 is 14.8 Å². The number of benzene rings is 1. The molecule has 8 heteroatoms. The van der Waals surface area contributed by atoms with Gasteiger partial charge in [0, 0.05) is 50.9 Å². The number of ether oxygens (including phenoxy) is 2. The Labute approximate surface area is 177 Å². The number of nitrogens with zero attached hydrogens (tertiary/aromatic N) is 3. The minimum atomic E-state index is 0.290. The van der Waals surface area contributed by atoms with Gasteiger partial charge in [0.1, 0.15) is 17.2 Å². The van der Waals surface area contributed by atoms with Crippen LogP contribution in [0.25, 0.3) is 5.70 Å². The maximum Gasteiger partial charge on any atom is 0.152 e. The van der Waals surface area contributed by atoms with E-state index in [1.54, 1.807) is 26.4 Å². The molecule has 0 radical (unpaired) electrons. The van der Waals surface area contributed by atoms with Crippen molar-refractivity contribution in [3.05, 3.63) is 40.9 Å². The van der Waals surface area contributed by atoms with Gasteiger partial charge in [0.15, 0.2) is 5.84 Å². The highest BCUT2D eigenvalue weighted by molar-refractivity contribution is 6.48. The molecule has 0 bridgehead atoms. The van der Waals surface area contributed by atoms with Crippen LogP contribution in [0.2, 0.25) is 5.02 Å². The first-order valence-corrected chi connectivity index (χ1v) is 9.96. The second-order valence-corrected chi connectivity index (χ2v) is 7.53. The highest BCUT2D eigenvalue weighted by Gasteiger charge is 2.21. The number of rotatable bonds is 6. The smallest absolute Gasteiger partial charge is 0.152 e. The summed E-state index contributed by atoms with van der Waals surface area (Å²) < 4.78 is 10.7. The first-order valence-electron chi connectivity index (χ1n) is 9.58. The second kappa shape index (κ2) is 9.43. The van der Waals surface area contributed by atoms with Crippen molar-refractivity contribution in [2.24, 2.45) is 4.99 Å². The van der Waals surface area contributed by atoms with Crippen LogP contribution in [0.5, 0.6) is 11.5 Å². The number of amidine groups is 1. The molecule has 0 amide bonds. The molecule has 0 saturated carbocycles. The minimum Gasteiger partial charge on any atom is -0.497 e. The largest absolute Gasteiger partial charge is 0.497 e. The summed E-state index contributed by atoms with van der Waals surface area (Å²) in [5.74, 6) is 1.63. The number of methoxy groups -OCH3 is 2. The summed E-state index contributed by atoms with van der Waals surface area (Å²) >= 11 is 6.52. The molecule has 1 aromatic carbocycles. The van der Waals surface area contributed by atoms with E-state index in [9.17, 15) is 0 Å². The van der Waals surface area contributed by atoms with Crippen molar-refractivity contribution in [3.63, 3.8) is 0 Å². The first kappa shape index (κ1) is 21.4. The fraction of sp³-hybridized carbons (Fsp3) is 0.429. The lowest BCUT2D eigenvalue weighted by molar-refractivity contribution is 0.156. The van der Waals surface area contributed by atoms with Crippen LogP contribution >= 0.6 is 11.6 Å². The van der Waals surface area contributed by atoms with Crippen LogP contribution in [-0.2, 0) is 0 Å². The molecule has 0 aliphatic carbocycles. The Morgan fingerprint density at radius 3 is 2.59 bits per heavy atom. The Kier molecular flexibility index (Phi) is 6.95. The quantitative estimate of drug-likeness (QED) is 0.744. The van der Waals surface area contributed by atoms with Crippen LogP contribution in [0, 0.1) is 5.41 Å². The van der Waals surface area contributed by atoms with Crippen LogP contribution in [0.1, 0.15) is 5.56 Å². The third kappa shape index (κ3) is 4.98. The average molecular weight is 418 g/mol. The highest BCUT2D eigenvalue weighted by Crippen LogP contribution is 2.38. The molecule has 1 fully saturated rings. The molecule has 2 N–H and O–H groups in total. The molecule has 1 saturated heterocycles. The summed E-state index contributed by atoms with van der Waals surface area (Å²) in [5.41, 5.74) is 2.17. The van der Waals surface area contributed by atoms with E-state index in [-0.39, 0.29) is 5.71 Å². The fourth-order valence-electron chi connectivity index (χ4n) is 3.29. The van der Waals surface area contributed by atoms with E-state index in [0.717, 1.165) is 32.7 Å². The van der Waals surface area contributed by atoms with Gasteiger partial charge in [-0.25, -0.2) is 4.99 Å². The molecular formula is C21H28ClN5O2. The van der Waals surface area contributed by atoms with Crippen molar-refractivity contribution in [3.8, 4) is 11.5 Å². The Balaban J connectivity index is 1.77. The van der Waals surface area contributed by atoms with E-state index in [1.807, 2.05) is 6.07 Å². The predicted molar refractivity (Wildman–Crippen MR) is 119 cm³/mol. The number of aliphatic imine (C=N–C) groups is 1. The number of piperazine rings is 1. The molecule has 29 heavy (non-hydrogen) atoms. The topological polar surface area (TPSA) is 73.2 Å². The van der Waals surface area contributed by atoms with Gasteiger partial charge in [-0.2, -0.15) is 0 Å². The van der Waals surface area contributed by atoms with Gasteiger partial charge in [-0.15, -0.1) is 0 Å². The lowest BCUT2D eigenvalue weighted by Crippen LogP contribution is -2.47. The molecule has 3 rings (SSSR count). The van der Waals surface area contributed by atoms with Crippen molar-refractivity contribution in [2.45, 2.75) is 0 Å². The molecular weight excluding hydrogens is 390 g/mol. The third-order valence-electron chi connectivity index (χ3n) is 5.16. The number of allylic oxidation sites excluding steroid dienone is 1. The van der Waals surface area contributed by atoms with E-state index >= 15 is 0 Å². The maximum atomic E-state index is 8.32. The summed E-state index contributed by atoms with van der Waals surface area (Å²) in [4.78, 5) is 9.39. The van der Waals surface area contributed by atoms with Crippen molar-refractivity contribution in [1.29, 1.82) is 5.41 Å². The number of hydrogen-bond donors (Lipinski definition) is 2. The summed E-state index contributed by atoms with van der Waals surface area (Å²) in [7, 11) is 5.29. The lowest BCUT2D eigenvalue weighted by atomic mass is 10.0. The van der Waals surface area contributed by atoms with Crippen molar-refractivity contribution in [2.75, 3.05) is 60.5 Å². The van der Waals surface area contributed by atoms with E-state index < -0.39 is 0 Å². The molecule has 2 heterocycles. The molecule has 1 aromatic rings. The molecule has 0 unspecified atom stereocenters. The molecule has 0 aromatic heterocycles. The van der Waals surface area contributed by atoms with Gasteiger partial charge < -0.3 is 19.7 Å². The van der Waals surface area contributed by atoms with Crippen LogP contribution in [0.15, 0.2) is 35.4 Å². The predicted octanol–water partition coefficient (Wildman–Crippen LogP) is 2.52. The van der Waals surface area contributed by atoms with E-state index in [1.165, 1.54) is 0 Å². The second-order valence-electron chi connectivity index (χ2n) is 7.15. The van der Waals surface area contributed by atoms with Gasteiger partial charge in [-0.05, 0) is 24.8 Å². The van der Waals surface area contributed by atoms with E-state index in [4.69, 9.17) is 26.5 Å². The Morgan fingerprint density at radius 1 is 1.21 bits per heavy atom.